The molecule has 0 saturated carbocycles. The minimum atomic E-state index is -0.219. The molecular weight excluding hydrogens is 294 g/mol. The van der Waals surface area contributed by atoms with Gasteiger partial charge in [-0.25, -0.2) is 0 Å². The Balaban J connectivity index is 4.67. The van der Waals surface area contributed by atoms with Crippen molar-refractivity contribution in [3.8, 4) is 0 Å². The molecule has 1 atom stereocenters. The Morgan fingerprint density at radius 3 is 1.79 bits per heavy atom. The van der Waals surface area contributed by atoms with Crippen molar-refractivity contribution in [1.29, 1.82) is 0 Å². The van der Waals surface area contributed by atoms with Crippen LogP contribution in [0.1, 0.15) is 80.1 Å². The monoisotopic (exact) mass is 331 g/mol. The van der Waals surface area contributed by atoms with E-state index in [2.05, 4.69) is 65.8 Å². The van der Waals surface area contributed by atoms with Gasteiger partial charge in [0.15, 0.2) is 0 Å². The molecule has 0 aliphatic rings. The number of allylic oxidation sites excluding steroid dienone is 8. The number of rotatable bonds is 11. The van der Waals surface area contributed by atoms with Gasteiger partial charge >= 0.3 is 0 Å². The second kappa shape index (κ2) is 12.8. The van der Waals surface area contributed by atoms with E-state index in [9.17, 15) is 4.79 Å². The summed E-state index contributed by atoms with van der Waals surface area (Å²) >= 11 is 0. The molecule has 0 aromatic carbocycles. The van der Waals surface area contributed by atoms with Gasteiger partial charge in [-0.3, -0.25) is 4.79 Å². The number of carbonyl (C=O) groups is 1. The molecule has 0 radical (unpaired) electrons. The van der Waals surface area contributed by atoms with Crippen LogP contribution in [0.2, 0.25) is 0 Å². The maximum absolute atomic E-state index is 11.3. The molecule has 136 valence electrons. The fourth-order valence-electron chi connectivity index (χ4n) is 2.59. The summed E-state index contributed by atoms with van der Waals surface area (Å²) in [5.74, 6) is -0.00320. The van der Waals surface area contributed by atoms with Crippen LogP contribution in [0.25, 0.3) is 0 Å². The van der Waals surface area contributed by atoms with E-state index < -0.39 is 0 Å². The molecule has 0 aliphatic heterocycles. The third-order valence-electron chi connectivity index (χ3n) is 3.94. The average molecular weight is 332 g/mol. The zero-order chi connectivity index (χ0) is 18.5. The Kier molecular flexibility index (Phi) is 12.0. The summed E-state index contributed by atoms with van der Waals surface area (Å²) in [7, 11) is 0. The van der Waals surface area contributed by atoms with E-state index in [1.165, 1.54) is 22.3 Å². The smallest absolute Gasteiger partial charge is 0.218 e. The molecule has 2 nitrogen and oxygen atoms in total. The number of primary amides is 1. The van der Waals surface area contributed by atoms with Gasteiger partial charge in [0, 0.05) is 6.42 Å². The normalized spacial score (nSPS) is 13.4. The first-order valence-corrected chi connectivity index (χ1v) is 9.08. The summed E-state index contributed by atoms with van der Waals surface area (Å²) in [6.45, 7) is 12.8. The lowest BCUT2D eigenvalue weighted by molar-refractivity contribution is -0.118. The van der Waals surface area contributed by atoms with E-state index in [1.807, 2.05) is 0 Å². The molecule has 0 fully saturated rings. The Morgan fingerprint density at radius 2 is 1.33 bits per heavy atom. The maximum Gasteiger partial charge on any atom is 0.218 e. The quantitative estimate of drug-likeness (QED) is 0.446. The maximum atomic E-state index is 11.3. The minimum absolute atomic E-state index is 0.215. The number of hydrogen-bond donors (Lipinski definition) is 1. The zero-order valence-electron chi connectivity index (χ0n) is 16.6. The van der Waals surface area contributed by atoms with Crippen LogP contribution in [-0.4, -0.2) is 5.91 Å². The van der Waals surface area contributed by atoms with Gasteiger partial charge in [-0.1, -0.05) is 46.6 Å². The van der Waals surface area contributed by atoms with Crippen LogP contribution in [0.5, 0.6) is 0 Å². The van der Waals surface area contributed by atoms with Crippen molar-refractivity contribution < 1.29 is 4.79 Å². The number of hydrogen-bond acceptors (Lipinski definition) is 1. The summed E-state index contributed by atoms with van der Waals surface area (Å²) in [5, 5.41) is 0. The van der Waals surface area contributed by atoms with Gasteiger partial charge in [0.25, 0.3) is 0 Å². The van der Waals surface area contributed by atoms with Gasteiger partial charge in [0.1, 0.15) is 0 Å². The van der Waals surface area contributed by atoms with Gasteiger partial charge in [0.2, 0.25) is 5.91 Å². The SMILES string of the molecule is CC(C)=CCC/C(C)=C/CC(/C=C(\C)CCC=C(C)C)CC(N)=O. The Labute approximate surface area is 149 Å². The fraction of sp³-hybridized carbons (Fsp3) is 0.591. The van der Waals surface area contributed by atoms with Crippen molar-refractivity contribution in [2.45, 2.75) is 80.1 Å². The molecule has 2 heteroatoms. The van der Waals surface area contributed by atoms with E-state index >= 15 is 0 Å². The van der Waals surface area contributed by atoms with Crippen LogP contribution in [0.4, 0.5) is 0 Å². The molecule has 1 amide bonds. The molecule has 24 heavy (non-hydrogen) atoms. The average Bonchev–Trinajstić information content (AvgIpc) is 2.43. The second-order valence-electron chi connectivity index (χ2n) is 7.37. The van der Waals surface area contributed by atoms with Gasteiger partial charge < -0.3 is 5.73 Å². The van der Waals surface area contributed by atoms with Crippen LogP contribution in [-0.2, 0) is 4.79 Å². The summed E-state index contributed by atoms with van der Waals surface area (Å²) in [6.07, 6.45) is 14.6. The van der Waals surface area contributed by atoms with Gasteiger partial charge in [-0.2, -0.15) is 0 Å². The fourth-order valence-corrected chi connectivity index (χ4v) is 2.59. The minimum Gasteiger partial charge on any atom is -0.370 e. The highest BCUT2D eigenvalue weighted by Gasteiger charge is 2.08. The van der Waals surface area contributed by atoms with Crippen molar-refractivity contribution in [2.24, 2.45) is 11.7 Å². The lowest BCUT2D eigenvalue weighted by atomic mass is 9.95. The second-order valence-corrected chi connectivity index (χ2v) is 7.37. The molecule has 2 N–H and O–H groups in total. The highest BCUT2D eigenvalue weighted by Crippen LogP contribution is 2.19. The van der Waals surface area contributed by atoms with Crippen LogP contribution >= 0.6 is 0 Å². The Hall–Kier alpha value is -1.57. The van der Waals surface area contributed by atoms with Gasteiger partial charge in [-0.05, 0) is 79.6 Å². The molecule has 1 unspecified atom stereocenters. The largest absolute Gasteiger partial charge is 0.370 e. The molecule has 0 rings (SSSR count). The standard InChI is InChI=1S/C22H37NO/c1-17(2)9-7-11-19(5)13-14-21(16-22(23)24)15-20(6)12-8-10-18(3)4/h9-10,13,15,21H,7-8,11-12,14,16H2,1-6H3,(H2,23,24)/b19-13+,20-15+. The lowest BCUT2D eigenvalue weighted by Crippen LogP contribution is -2.15. The zero-order valence-corrected chi connectivity index (χ0v) is 16.6. The summed E-state index contributed by atoms with van der Waals surface area (Å²) in [6, 6.07) is 0. The number of nitrogens with two attached hydrogens (primary N) is 1. The van der Waals surface area contributed by atoms with Gasteiger partial charge in [-0.15, -0.1) is 0 Å². The van der Waals surface area contributed by atoms with Crippen LogP contribution in [0.3, 0.4) is 0 Å². The highest BCUT2D eigenvalue weighted by molar-refractivity contribution is 5.74. The predicted octanol–water partition coefficient (Wildman–Crippen LogP) is 6.25. The van der Waals surface area contributed by atoms with Crippen molar-refractivity contribution in [3.05, 3.63) is 46.6 Å². The molecule has 0 spiro atoms. The molecule has 0 aliphatic carbocycles. The number of amides is 1. The molecule has 0 saturated heterocycles. The number of carbonyl (C=O) groups excluding carboxylic acids is 1. The molecule has 0 heterocycles. The molecule has 0 bridgehead atoms. The van der Waals surface area contributed by atoms with Crippen molar-refractivity contribution in [1.82, 2.24) is 0 Å². The first kappa shape index (κ1) is 22.4. The van der Waals surface area contributed by atoms with E-state index in [0.717, 1.165) is 32.1 Å². The van der Waals surface area contributed by atoms with Crippen LogP contribution in [0, 0.1) is 5.92 Å². The Bertz CT molecular complexity index is 498. The molecule has 0 aromatic rings. The van der Waals surface area contributed by atoms with Crippen molar-refractivity contribution in [2.75, 3.05) is 0 Å². The third-order valence-corrected chi connectivity index (χ3v) is 3.94. The Morgan fingerprint density at radius 1 is 0.833 bits per heavy atom. The summed E-state index contributed by atoms with van der Waals surface area (Å²) in [5.41, 5.74) is 10.9. The molecular formula is C22H37NO. The van der Waals surface area contributed by atoms with E-state index in [0.29, 0.717) is 6.42 Å². The van der Waals surface area contributed by atoms with Gasteiger partial charge in [0.05, 0.1) is 0 Å². The third kappa shape index (κ3) is 14.0. The first-order chi connectivity index (χ1) is 11.2. The first-order valence-electron chi connectivity index (χ1n) is 9.08. The summed E-state index contributed by atoms with van der Waals surface area (Å²) < 4.78 is 0. The highest BCUT2D eigenvalue weighted by atomic mass is 16.1. The van der Waals surface area contributed by atoms with Crippen molar-refractivity contribution >= 4 is 5.91 Å². The predicted molar refractivity (Wildman–Crippen MR) is 107 cm³/mol. The molecule has 0 aromatic heterocycles. The van der Waals surface area contributed by atoms with E-state index in [4.69, 9.17) is 5.73 Å². The van der Waals surface area contributed by atoms with E-state index in [1.54, 1.807) is 0 Å². The summed E-state index contributed by atoms with van der Waals surface area (Å²) in [4.78, 5) is 11.3. The van der Waals surface area contributed by atoms with E-state index in [-0.39, 0.29) is 11.8 Å². The topological polar surface area (TPSA) is 43.1 Å². The van der Waals surface area contributed by atoms with Crippen molar-refractivity contribution in [3.63, 3.8) is 0 Å². The van der Waals surface area contributed by atoms with Crippen LogP contribution in [0.15, 0.2) is 46.6 Å². The van der Waals surface area contributed by atoms with Crippen LogP contribution < -0.4 is 5.73 Å². The lowest BCUT2D eigenvalue weighted by Gasteiger charge is -2.11.